The van der Waals surface area contributed by atoms with E-state index in [0.29, 0.717) is 0 Å². The summed E-state index contributed by atoms with van der Waals surface area (Å²) >= 11 is 0. The maximum Gasteiger partial charge on any atom is 0.318 e. The molecule has 0 spiro atoms. The molecule has 2 N–H and O–H groups in total. The van der Waals surface area contributed by atoms with Gasteiger partial charge < -0.3 is 10.4 Å². The first-order valence-corrected chi connectivity index (χ1v) is 6.33. The van der Waals surface area contributed by atoms with Crippen molar-refractivity contribution < 1.29 is 23.1 Å². The fourth-order valence-corrected chi connectivity index (χ4v) is 1.76. The van der Waals surface area contributed by atoms with Crippen molar-refractivity contribution in [2.45, 2.75) is 13.3 Å². The summed E-state index contributed by atoms with van der Waals surface area (Å²) in [5.41, 5.74) is -1.70. The van der Waals surface area contributed by atoms with Crippen LogP contribution in [0.4, 0.5) is 0 Å². The van der Waals surface area contributed by atoms with E-state index in [1.54, 1.807) is 0 Å². The molecule has 0 heterocycles. The van der Waals surface area contributed by atoms with Gasteiger partial charge in [0.1, 0.15) is 15.3 Å². The third kappa shape index (κ3) is 3.86. The summed E-state index contributed by atoms with van der Waals surface area (Å²) in [6.45, 7) is 1.21. The normalized spacial score (nSPS) is 15.4. The highest BCUT2D eigenvalue weighted by Crippen LogP contribution is 2.22. The van der Waals surface area contributed by atoms with Crippen molar-refractivity contribution in [2.75, 3.05) is 19.1 Å². The van der Waals surface area contributed by atoms with Crippen molar-refractivity contribution in [3.8, 4) is 0 Å². The summed E-state index contributed by atoms with van der Waals surface area (Å²) in [6, 6.07) is 0. The Morgan fingerprint density at radius 2 is 1.87 bits per heavy atom. The van der Waals surface area contributed by atoms with Crippen LogP contribution in [-0.4, -0.2) is 44.5 Å². The zero-order chi connectivity index (χ0) is 12.3. The van der Waals surface area contributed by atoms with Gasteiger partial charge in [0.25, 0.3) is 0 Å². The zero-order valence-electron chi connectivity index (χ0n) is 8.90. The molecule has 0 saturated carbocycles. The van der Waals surface area contributed by atoms with Crippen LogP contribution in [0, 0.1) is 5.41 Å². The van der Waals surface area contributed by atoms with Gasteiger partial charge in [0.15, 0.2) is 0 Å². The van der Waals surface area contributed by atoms with Crippen LogP contribution in [0.1, 0.15) is 13.3 Å². The monoisotopic (exact) mass is 237 g/mol. The topological polar surface area (TPSA) is 101 Å². The fraction of sp³-hybridized carbons (Fsp3) is 0.750. The number of sulfone groups is 1. The first kappa shape index (κ1) is 13.9. The molecule has 0 radical (unpaired) electrons. The highest BCUT2D eigenvalue weighted by Gasteiger charge is 2.41. The molecule has 0 aromatic carbocycles. The number of hydrogen-bond acceptors (Lipinski definition) is 4. The lowest BCUT2D eigenvalue weighted by atomic mass is 9.87. The van der Waals surface area contributed by atoms with Crippen LogP contribution in [0.15, 0.2) is 0 Å². The standard InChI is InChI=1S/C8H15NO5S/c1-8(7(11)12,6(10)9-2)4-5-15(3,13)14/h4-5H2,1-3H3,(H,9,10)(H,11,12). The Kier molecular flexibility index (Phi) is 4.27. The molecule has 0 saturated heterocycles. The van der Waals surface area contributed by atoms with Crippen LogP contribution in [0.2, 0.25) is 0 Å². The van der Waals surface area contributed by atoms with Gasteiger partial charge in [0.05, 0.1) is 5.75 Å². The van der Waals surface area contributed by atoms with E-state index in [1.807, 2.05) is 0 Å². The molecule has 15 heavy (non-hydrogen) atoms. The first-order chi connectivity index (χ1) is 6.63. The largest absolute Gasteiger partial charge is 0.480 e. The van der Waals surface area contributed by atoms with Crippen LogP contribution >= 0.6 is 0 Å². The van der Waals surface area contributed by atoms with Gasteiger partial charge >= 0.3 is 5.97 Å². The second kappa shape index (κ2) is 4.61. The molecule has 0 rings (SSSR count). The molecule has 0 aromatic rings. The summed E-state index contributed by atoms with van der Waals surface area (Å²) in [5.74, 6) is -2.35. The number of carboxylic acid groups (broad SMARTS) is 1. The van der Waals surface area contributed by atoms with Crippen molar-refractivity contribution >= 4 is 21.7 Å². The van der Waals surface area contributed by atoms with E-state index in [0.717, 1.165) is 6.26 Å². The summed E-state index contributed by atoms with van der Waals surface area (Å²) in [4.78, 5) is 22.2. The van der Waals surface area contributed by atoms with Crippen LogP contribution in [0.3, 0.4) is 0 Å². The van der Waals surface area contributed by atoms with E-state index in [-0.39, 0.29) is 12.2 Å². The van der Waals surface area contributed by atoms with E-state index in [2.05, 4.69) is 5.32 Å². The molecule has 0 aliphatic rings. The van der Waals surface area contributed by atoms with Gasteiger partial charge in [-0.05, 0) is 13.3 Å². The SMILES string of the molecule is CNC(=O)C(C)(CCS(C)(=O)=O)C(=O)O. The van der Waals surface area contributed by atoms with Gasteiger partial charge in [0, 0.05) is 13.3 Å². The zero-order valence-corrected chi connectivity index (χ0v) is 9.72. The van der Waals surface area contributed by atoms with E-state index < -0.39 is 27.1 Å². The van der Waals surface area contributed by atoms with Crippen LogP contribution in [0.25, 0.3) is 0 Å². The smallest absolute Gasteiger partial charge is 0.318 e. The number of carbonyl (C=O) groups is 2. The highest BCUT2D eigenvalue weighted by molar-refractivity contribution is 7.90. The number of hydrogen-bond donors (Lipinski definition) is 2. The van der Waals surface area contributed by atoms with Gasteiger partial charge in [0.2, 0.25) is 5.91 Å². The van der Waals surface area contributed by atoms with Gasteiger partial charge in [-0.1, -0.05) is 0 Å². The second-order valence-corrected chi connectivity index (χ2v) is 5.86. The molecule has 0 aliphatic carbocycles. The molecular weight excluding hydrogens is 222 g/mol. The molecule has 1 unspecified atom stereocenters. The lowest BCUT2D eigenvalue weighted by Gasteiger charge is -2.21. The summed E-state index contributed by atoms with van der Waals surface area (Å²) in [6.07, 6.45) is 0.764. The molecule has 1 amide bonds. The average Bonchev–Trinajstić information content (AvgIpc) is 2.11. The van der Waals surface area contributed by atoms with E-state index in [9.17, 15) is 18.0 Å². The first-order valence-electron chi connectivity index (χ1n) is 4.27. The maximum atomic E-state index is 11.3. The molecule has 6 nitrogen and oxygen atoms in total. The Balaban J connectivity index is 4.84. The number of aliphatic carboxylic acids is 1. The fourth-order valence-electron chi connectivity index (χ4n) is 0.983. The number of carboxylic acids is 1. The third-order valence-electron chi connectivity index (χ3n) is 2.17. The minimum atomic E-state index is -3.28. The molecule has 7 heteroatoms. The number of nitrogens with one attached hydrogen (secondary N) is 1. The second-order valence-electron chi connectivity index (χ2n) is 3.60. The van der Waals surface area contributed by atoms with Gasteiger partial charge in [-0.2, -0.15) is 0 Å². The molecule has 0 aliphatic heterocycles. The summed E-state index contributed by atoms with van der Waals surface area (Å²) < 4.78 is 21.8. The van der Waals surface area contributed by atoms with Crippen LogP contribution < -0.4 is 5.32 Å². The van der Waals surface area contributed by atoms with Gasteiger partial charge in [-0.25, -0.2) is 8.42 Å². The van der Waals surface area contributed by atoms with Gasteiger partial charge in [-0.3, -0.25) is 9.59 Å². The predicted molar refractivity (Wildman–Crippen MR) is 54.1 cm³/mol. The summed E-state index contributed by atoms with van der Waals surface area (Å²) in [7, 11) is -1.97. The lowest BCUT2D eigenvalue weighted by molar-refractivity contribution is -0.154. The molecule has 1 atom stereocenters. The van der Waals surface area contributed by atoms with Crippen molar-refractivity contribution in [1.82, 2.24) is 5.32 Å². The Labute approximate surface area is 88.6 Å². The van der Waals surface area contributed by atoms with Crippen LogP contribution in [0.5, 0.6) is 0 Å². The Bertz CT molecular complexity index is 361. The maximum absolute atomic E-state index is 11.3. The number of carbonyl (C=O) groups excluding carboxylic acids is 1. The van der Waals surface area contributed by atoms with Crippen molar-refractivity contribution in [1.29, 1.82) is 0 Å². The average molecular weight is 237 g/mol. The summed E-state index contributed by atoms with van der Waals surface area (Å²) in [5, 5.41) is 11.1. The molecular formula is C8H15NO5S. The minimum Gasteiger partial charge on any atom is -0.480 e. The van der Waals surface area contributed by atoms with Crippen molar-refractivity contribution in [2.24, 2.45) is 5.41 Å². The van der Waals surface area contributed by atoms with E-state index in [1.165, 1.54) is 14.0 Å². The van der Waals surface area contributed by atoms with Crippen molar-refractivity contribution in [3.63, 3.8) is 0 Å². The molecule has 0 fully saturated rings. The van der Waals surface area contributed by atoms with E-state index >= 15 is 0 Å². The van der Waals surface area contributed by atoms with Gasteiger partial charge in [-0.15, -0.1) is 0 Å². The molecule has 88 valence electrons. The minimum absolute atomic E-state index is 0.235. The third-order valence-corrected chi connectivity index (χ3v) is 3.12. The molecule has 0 bridgehead atoms. The Morgan fingerprint density at radius 3 is 2.13 bits per heavy atom. The highest BCUT2D eigenvalue weighted by atomic mass is 32.2. The number of amides is 1. The van der Waals surface area contributed by atoms with Crippen molar-refractivity contribution in [3.05, 3.63) is 0 Å². The van der Waals surface area contributed by atoms with E-state index in [4.69, 9.17) is 5.11 Å². The Morgan fingerprint density at radius 1 is 1.40 bits per heavy atom. The quantitative estimate of drug-likeness (QED) is 0.613. The van der Waals surface area contributed by atoms with Crippen LogP contribution in [-0.2, 0) is 19.4 Å². The Hall–Kier alpha value is -1.11. The predicted octanol–water partition coefficient (Wildman–Crippen LogP) is -0.742. The molecule has 0 aromatic heterocycles. The lowest BCUT2D eigenvalue weighted by Crippen LogP contribution is -2.44. The number of rotatable bonds is 5.